The minimum Gasteiger partial charge on any atom is -0.381 e. The largest absolute Gasteiger partial charge is 0.381 e. The van der Waals surface area contributed by atoms with E-state index >= 15 is 0 Å². The summed E-state index contributed by atoms with van der Waals surface area (Å²) in [4.78, 5) is 6.41. The van der Waals surface area contributed by atoms with Crippen molar-refractivity contribution in [3.8, 4) is 0 Å². The lowest BCUT2D eigenvalue weighted by Crippen LogP contribution is -2.17. The van der Waals surface area contributed by atoms with E-state index in [0.717, 1.165) is 12.2 Å². The maximum absolute atomic E-state index is 5.86. The fraction of sp³-hybridized carbons (Fsp3) is 0.312. The maximum Gasteiger partial charge on any atom is 0.131 e. The van der Waals surface area contributed by atoms with Gasteiger partial charge in [-0.05, 0) is 42.7 Å². The van der Waals surface area contributed by atoms with E-state index in [1.807, 2.05) is 12.1 Å². The topological polar surface area (TPSA) is 28.2 Å². The molecule has 20 heavy (non-hydrogen) atoms. The number of pyridine rings is 1. The molecular formula is C16H18ClN3. The molecule has 2 aromatic rings. The SMILES string of the molecule is Clc1cc(NCc2ccc(N3CCCC3)cc2)ccn1. The summed E-state index contributed by atoms with van der Waals surface area (Å²) in [5.74, 6) is 0. The monoisotopic (exact) mass is 287 g/mol. The van der Waals surface area contributed by atoms with Crippen molar-refractivity contribution in [3.63, 3.8) is 0 Å². The zero-order valence-corrected chi connectivity index (χ0v) is 12.1. The van der Waals surface area contributed by atoms with Gasteiger partial charge in [0.2, 0.25) is 0 Å². The van der Waals surface area contributed by atoms with Crippen molar-refractivity contribution < 1.29 is 0 Å². The first kappa shape index (κ1) is 13.3. The summed E-state index contributed by atoms with van der Waals surface area (Å²) in [5, 5.41) is 3.87. The molecule has 0 aliphatic carbocycles. The summed E-state index contributed by atoms with van der Waals surface area (Å²) in [7, 11) is 0. The third kappa shape index (κ3) is 3.23. The van der Waals surface area contributed by atoms with Crippen molar-refractivity contribution in [3.05, 3.63) is 53.3 Å². The van der Waals surface area contributed by atoms with Crippen LogP contribution in [-0.2, 0) is 6.54 Å². The van der Waals surface area contributed by atoms with Gasteiger partial charge in [-0.3, -0.25) is 0 Å². The highest BCUT2D eigenvalue weighted by molar-refractivity contribution is 6.29. The molecule has 1 fully saturated rings. The van der Waals surface area contributed by atoms with Crippen LogP contribution in [0.25, 0.3) is 0 Å². The molecule has 3 nitrogen and oxygen atoms in total. The second-order valence-electron chi connectivity index (χ2n) is 5.08. The molecule has 0 unspecified atom stereocenters. The highest BCUT2D eigenvalue weighted by Crippen LogP contribution is 2.21. The van der Waals surface area contributed by atoms with E-state index in [9.17, 15) is 0 Å². The predicted octanol–water partition coefficient (Wildman–Crippen LogP) is 3.95. The lowest BCUT2D eigenvalue weighted by atomic mass is 10.2. The van der Waals surface area contributed by atoms with Crippen LogP contribution in [0.3, 0.4) is 0 Å². The van der Waals surface area contributed by atoms with E-state index < -0.39 is 0 Å². The Bertz CT molecular complexity index is 562. The zero-order valence-electron chi connectivity index (χ0n) is 11.3. The third-order valence-electron chi connectivity index (χ3n) is 3.63. The van der Waals surface area contributed by atoms with Gasteiger partial charge in [-0.1, -0.05) is 23.7 Å². The molecule has 104 valence electrons. The van der Waals surface area contributed by atoms with Crippen molar-refractivity contribution >= 4 is 23.0 Å². The van der Waals surface area contributed by atoms with Gasteiger partial charge in [0.1, 0.15) is 5.15 Å². The zero-order chi connectivity index (χ0) is 13.8. The van der Waals surface area contributed by atoms with Crippen LogP contribution >= 0.6 is 11.6 Å². The van der Waals surface area contributed by atoms with Gasteiger partial charge < -0.3 is 10.2 Å². The van der Waals surface area contributed by atoms with E-state index in [4.69, 9.17) is 11.6 Å². The van der Waals surface area contributed by atoms with Crippen molar-refractivity contribution in [1.29, 1.82) is 0 Å². The molecule has 0 spiro atoms. The Balaban J connectivity index is 1.60. The Morgan fingerprint density at radius 1 is 1.10 bits per heavy atom. The van der Waals surface area contributed by atoms with Gasteiger partial charge in [-0.15, -0.1) is 0 Å². The summed E-state index contributed by atoms with van der Waals surface area (Å²) in [6, 6.07) is 12.5. The number of hydrogen-bond donors (Lipinski definition) is 1. The lowest BCUT2D eigenvalue weighted by Gasteiger charge is -2.17. The van der Waals surface area contributed by atoms with Gasteiger partial charge >= 0.3 is 0 Å². The summed E-state index contributed by atoms with van der Waals surface area (Å²) < 4.78 is 0. The molecule has 2 heterocycles. The molecule has 1 aromatic heterocycles. The van der Waals surface area contributed by atoms with E-state index in [1.54, 1.807) is 6.20 Å². The maximum atomic E-state index is 5.86. The Morgan fingerprint density at radius 2 is 1.85 bits per heavy atom. The van der Waals surface area contributed by atoms with E-state index in [-0.39, 0.29) is 0 Å². The Morgan fingerprint density at radius 3 is 2.55 bits per heavy atom. The van der Waals surface area contributed by atoms with Crippen LogP contribution in [-0.4, -0.2) is 18.1 Å². The molecule has 3 rings (SSSR count). The fourth-order valence-electron chi connectivity index (χ4n) is 2.52. The average Bonchev–Trinajstić information content (AvgIpc) is 3.00. The molecule has 0 atom stereocenters. The van der Waals surface area contributed by atoms with Crippen molar-refractivity contribution in [2.75, 3.05) is 23.3 Å². The van der Waals surface area contributed by atoms with Gasteiger partial charge in [-0.25, -0.2) is 4.98 Å². The van der Waals surface area contributed by atoms with Gasteiger partial charge in [0, 0.05) is 37.2 Å². The lowest BCUT2D eigenvalue weighted by molar-refractivity contribution is 0.949. The van der Waals surface area contributed by atoms with Crippen LogP contribution in [0, 0.1) is 0 Å². The number of aromatic nitrogens is 1. The van der Waals surface area contributed by atoms with Crippen molar-refractivity contribution in [2.24, 2.45) is 0 Å². The first-order valence-electron chi connectivity index (χ1n) is 7.00. The summed E-state index contributed by atoms with van der Waals surface area (Å²) in [6.45, 7) is 3.17. The molecular weight excluding hydrogens is 270 g/mol. The molecule has 1 aliphatic rings. The predicted molar refractivity (Wildman–Crippen MR) is 84.5 cm³/mol. The normalized spacial score (nSPS) is 14.6. The summed E-state index contributed by atoms with van der Waals surface area (Å²) in [6.07, 6.45) is 4.33. The summed E-state index contributed by atoms with van der Waals surface area (Å²) >= 11 is 5.86. The second kappa shape index (κ2) is 6.14. The number of nitrogens with zero attached hydrogens (tertiary/aromatic N) is 2. The molecule has 1 saturated heterocycles. The summed E-state index contributed by atoms with van der Waals surface area (Å²) in [5.41, 5.74) is 3.59. The number of rotatable bonds is 4. The molecule has 1 aromatic carbocycles. The van der Waals surface area contributed by atoms with Crippen LogP contribution in [0.15, 0.2) is 42.6 Å². The Kier molecular flexibility index (Phi) is 4.07. The third-order valence-corrected chi connectivity index (χ3v) is 3.84. The first-order valence-corrected chi connectivity index (χ1v) is 7.38. The fourth-order valence-corrected chi connectivity index (χ4v) is 2.69. The van der Waals surface area contributed by atoms with Gasteiger partial charge in [0.05, 0.1) is 0 Å². The molecule has 1 aliphatic heterocycles. The van der Waals surface area contributed by atoms with E-state index in [1.165, 1.54) is 37.2 Å². The number of nitrogens with one attached hydrogen (secondary N) is 1. The molecule has 0 saturated carbocycles. The smallest absolute Gasteiger partial charge is 0.131 e. The number of halogens is 1. The standard InChI is InChI=1S/C16H18ClN3/c17-16-11-14(7-8-18-16)19-12-13-3-5-15(6-4-13)20-9-1-2-10-20/h3-8,11H,1-2,9-10,12H2,(H,18,19). The highest BCUT2D eigenvalue weighted by atomic mass is 35.5. The number of anilines is 2. The Labute approximate surface area is 124 Å². The molecule has 1 N–H and O–H groups in total. The minimum atomic E-state index is 0.513. The van der Waals surface area contributed by atoms with Crippen LogP contribution in [0.5, 0.6) is 0 Å². The van der Waals surface area contributed by atoms with E-state index in [2.05, 4.69) is 39.5 Å². The quantitative estimate of drug-likeness (QED) is 0.863. The molecule has 0 radical (unpaired) electrons. The van der Waals surface area contributed by atoms with Crippen molar-refractivity contribution in [2.45, 2.75) is 19.4 Å². The minimum absolute atomic E-state index is 0.513. The van der Waals surface area contributed by atoms with Crippen LogP contribution < -0.4 is 10.2 Å². The molecule has 0 amide bonds. The van der Waals surface area contributed by atoms with Gasteiger partial charge in [0.15, 0.2) is 0 Å². The van der Waals surface area contributed by atoms with Crippen molar-refractivity contribution in [1.82, 2.24) is 4.98 Å². The van der Waals surface area contributed by atoms with Gasteiger partial charge in [-0.2, -0.15) is 0 Å². The number of hydrogen-bond acceptors (Lipinski definition) is 3. The molecule has 4 heteroatoms. The van der Waals surface area contributed by atoms with Crippen LogP contribution in [0.2, 0.25) is 5.15 Å². The molecule has 0 bridgehead atoms. The Hall–Kier alpha value is -1.74. The average molecular weight is 288 g/mol. The highest BCUT2D eigenvalue weighted by Gasteiger charge is 2.11. The first-order chi connectivity index (χ1) is 9.81. The van der Waals surface area contributed by atoms with Gasteiger partial charge in [0.25, 0.3) is 0 Å². The van der Waals surface area contributed by atoms with Crippen LogP contribution in [0.1, 0.15) is 18.4 Å². The van der Waals surface area contributed by atoms with Crippen LogP contribution in [0.4, 0.5) is 11.4 Å². The number of benzene rings is 1. The second-order valence-corrected chi connectivity index (χ2v) is 5.47. The van der Waals surface area contributed by atoms with E-state index in [0.29, 0.717) is 5.15 Å².